The largest absolute Gasteiger partial charge is 0.495 e. The van der Waals surface area contributed by atoms with Crippen LogP contribution in [0.1, 0.15) is 27.6 Å². The molecule has 0 aromatic heterocycles. The van der Waals surface area contributed by atoms with E-state index >= 15 is 0 Å². The molecule has 8 nitrogen and oxygen atoms in total. The predicted octanol–water partition coefficient (Wildman–Crippen LogP) is 2.52. The lowest BCUT2D eigenvalue weighted by Gasteiger charge is -2.20. The van der Waals surface area contributed by atoms with Crippen LogP contribution in [0.4, 0.5) is 5.69 Å². The summed E-state index contributed by atoms with van der Waals surface area (Å²) in [6.45, 7) is 0.779. The number of benzene rings is 2. The second kappa shape index (κ2) is 8.32. The van der Waals surface area contributed by atoms with Crippen molar-refractivity contribution in [3.63, 3.8) is 0 Å². The minimum Gasteiger partial charge on any atom is -0.495 e. The van der Waals surface area contributed by atoms with Crippen molar-refractivity contribution < 1.29 is 28.7 Å². The first-order valence-electron chi connectivity index (χ1n) is 8.60. The van der Waals surface area contributed by atoms with Crippen LogP contribution in [0.3, 0.4) is 0 Å². The quantitative estimate of drug-likeness (QED) is 0.573. The van der Waals surface area contributed by atoms with E-state index in [9.17, 15) is 19.2 Å². The molecule has 1 atom stereocenters. The Morgan fingerprint density at radius 3 is 2.28 bits per heavy atom. The highest BCUT2D eigenvalue weighted by atomic mass is 35.5. The summed E-state index contributed by atoms with van der Waals surface area (Å²) in [4.78, 5) is 50.0. The third-order valence-corrected chi connectivity index (χ3v) is 4.63. The van der Waals surface area contributed by atoms with Crippen LogP contribution >= 0.6 is 11.6 Å². The van der Waals surface area contributed by atoms with Gasteiger partial charge in [0, 0.05) is 5.69 Å². The number of anilines is 1. The van der Waals surface area contributed by atoms with Crippen molar-refractivity contribution in [2.45, 2.75) is 13.0 Å². The van der Waals surface area contributed by atoms with E-state index in [4.69, 9.17) is 21.1 Å². The summed E-state index contributed by atoms with van der Waals surface area (Å²) in [5.74, 6) is -2.18. The molecular formula is C20H17ClN2O6. The predicted molar refractivity (Wildman–Crippen MR) is 104 cm³/mol. The molecule has 0 saturated heterocycles. The normalized spacial score (nSPS) is 13.7. The van der Waals surface area contributed by atoms with Crippen LogP contribution in [-0.4, -0.2) is 48.3 Å². The number of nitrogens with one attached hydrogen (secondary N) is 1. The fraction of sp³-hybridized carbons (Fsp3) is 0.200. The van der Waals surface area contributed by atoms with E-state index in [1.165, 1.54) is 32.2 Å². The van der Waals surface area contributed by atoms with Crippen LogP contribution < -0.4 is 10.1 Å². The fourth-order valence-corrected chi connectivity index (χ4v) is 3.12. The van der Waals surface area contributed by atoms with E-state index in [0.717, 1.165) is 4.90 Å². The fourth-order valence-electron chi connectivity index (χ4n) is 2.86. The number of carbonyl (C=O) groups excluding carboxylic acids is 4. The van der Waals surface area contributed by atoms with Gasteiger partial charge in [0.25, 0.3) is 17.7 Å². The van der Waals surface area contributed by atoms with E-state index in [-0.39, 0.29) is 11.1 Å². The molecule has 0 spiro atoms. The zero-order chi connectivity index (χ0) is 21.1. The molecule has 3 amide bonds. The molecule has 1 aliphatic rings. The van der Waals surface area contributed by atoms with Gasteiger partial charge in [-0.05, 0) is 37.3 Å². The summed E-state index contributed by atoms with van der Waals surface area (Å²) in [5.41, 5.74) is 0.850. The highest BCUT2D eigenvalue weighted by molar-refractivity contribution is 6.32. The summed E-state index contributed by atoms with van der Waals surface area (Å²) in [5, 5.41) is 2.83. The zero-order valence-corrected chi connectivity index (χ0v) is 16.4. The van der Waals surface area contributed by atoms with Crippen molar-refractivity contribution in [3.8, 4) is 5.75 Å². The average Bonchev–Trinajstić information content (AvgIpc) is 2.96. The smallest absolute Gasteiger partial charge is 0.329 e. The minimum absolute atomic E-state index is 0.228. The number of rotatable bonds is 6. The Morgan fingerprint density at radius 1 is 1.10 bits per heavy atom. The Balaban J connectivity index is 1.58. The van der Waals surface area contributed by atoms with Crippen molar-refractivity contribution in [1.29, 1.82) is 0 Å². The molecule has 2 aromatic rings. The second-order valence-electron chi connectivity index (χ2n) is 6.21. The lowest BCUT2D eigenvalue weighted by molar-refractivity contribution is -0.150. The molecular weight excluding hydrogens is 400 g/mol. The van der Waals surface area contributed by atoms with Gasteiger partial charge in [-0.25, -0.2) is 4.79 Å². The van der Waals surface area contributed by atoms with Gasteiger partial charge in [0.15, 0.2) is 6.61 Å². The topological polar surface area (TPSA) is 102 Å². The first-order chi connectivity index (χ1) is 13.8. The highest BCUT2D eigenvalue weighted by Crippen LogP contribution is 2.27. The third kappa shape index (κ3) is 4.07. The number of amides is 3. The summed E-state index contributed by atoms with van der Waals surface area (Å²) in [7, 11) is 1.47. The molecule has 150 valence electrons. The Labute approximate surface area is 171 Å². The zero-order valence-electron chi connectivity index (χ0n) is 15.6. The Bertz CT molecular complexity index is 971. The average molecular weight is 417 g/mol. The van der Waals surface area contributed by atoms with E-state index in [0.29, 0.717) is 16.5 Å². The molecule has 2 aromatic carbocycles. The van der Waals surface area contributed by atoms with Gasteiger partial charge in [0.1, 0.15) is 11.8 Å². The van der Waals surface area contributed by atoms with Crippen molar-refractivity contribution in [2.24, 2.45) is 0 Å². The maximum absolute atomic E-state index is 12.4. The summed E-state index contributed by atoms with van der Waals surface area (Å²) in [6, 6.07) is 9.76. The van der Waals surface area contributed by atoms with Gasteiger partial charge in [-0.15, -0.1) is 0 Å². The molecule has 0 saturated carbocycles. The molecule has 1 unspecified atom stereocenters. The number of hydrogen-bond donors (Lipinski definition) is 1. The molecule has 0 bridgehead atoms. The van der Waals surface area contributed by atoms with Crippen LogP contribution in [0.15, 0.2) is 42.5 Å². The number of ether oxygens (including phenoxy) is 2. The Morgan fingerprint density at radius 2 is 1.72 bits per heavy atom. The van der Waals surface area contributed by atoms with Crippen molar-refractivity contribution in [1.82, 2.24) is 4.90 Å². The van der Waals surface area contributed by atoms with Gasteiger partial charge in [-0.2, -0.15) is 0 Å². The summed E-state index contributed by atoms with van der Waals surface area (Å²) < 4.78 is 9.99. The number of methoxy groups -OCH3 is 1. The standard InChI is InChI=1S/C20H17ClN2O6/c1-11(23-18(25)13-5-3-4-6-14(13)19(23)26)20(27)29-10-17(24)22-12-7-8-16(28-2)15(21)9-12/h3-9,11H,10H2,1-2H3,(H,22,24). The van der Waals surface area contributed by atoms with Gasteiger partial charge >= 0.3 is 5.97 Å². The van der Waals surface area contributed by atoms with E-state index < -0.39 is 36.3 Å². The van der Waals surface area contributed by atoms with Gasteiger partial charge in [-0.1, -0.05) is 23.7 Å². The molecule has 0 aliphatic carbocycles. The van der Waals surface area contributed by atoms with Crippen molar-refractivity contribution in [2.75, 3.05) is 19.0 Å². The van der Waals surface area contributed by atoms with Gasteiger partial charge < -0.3 is 14.8 Å². The van der Waals surface area contributed by atoms with Crippen LogP contribution in [0.25, 0.3) is 0 Å². The number of halogens is 1. The molecule has 1 N–H and O–H groups in total. The highest BCUT2D eigenvalue weighted by Gasteiger charge is 2.41. The van der Waals surface area contributed by atoms with Crippen molar-refractivity contribution >= 4 is 41.0 Å². The maximum Gasteiger partial charge on any atom is 0.329 e. The SMILES string of the molecule is COc1ccc(NC(=O)COC(=O)C(C)N2C(=O)c3ccccc3C2=O)cc1Cl. The number of imide groups is 1. The van der Waals surface area contributed by atoms with Gasteiger partial charge in [0.05, 0.1) is 23.3 Å². The summed E-state index contributed by atoms with van der Waals surface area (Å²) >= 11 is 5.99. The van der Waals surface area contributed by atoms with E-state index in [1.807, 2.05) is 0 Å². The lowest BCUT2D eigenvalue weighted by atomic mass is 10.1. The first kappa shape index (κ1) is 20.3. The minimum atomic E-state index is -1.18. The van der Waals surface area contributed by atoms with Gasteiger partial charge in [0.2, 0.25) is 0 Å². The third-order valence-electron chi connectivity index (χ3n) is 4.33. The molecule has 0 radical (unpaired) electrons. The molecule has 1 heterocycles. The first-order valence-corrected chi connectivity index (χ1v) is 8.98. The van der Waals surface area contributed by atoms with Crippen LogP contribution in [0, 0.1) is 0 Å². The number of esters is 1. The number of hydrogen-bond acceptors (Lipinski definition) is 6. The molecule has 0 fully saturated rings. The Hall–Kier alpha value is -3.39. The van der Waals surface area contributed by atoms with E-state index in [1.54, 1.807) is 24.3 Å². The second-order valence-corrected chi connectivity index (χ2v) is 6.61. The number of fused-ring (bicyclic) bond motifs is 1. The monoisotopic (exact) mass is 416 g/mol. The van der Waals surface area contributed by atoms with Crippen molar-refractivity contribution in [3.05, 3.63) is 58.6 Å². The molecule has 1 aliphatic heterocycles. The lowest BCUT2D eigenvalue weighted by Crippen LogP contribution is -2.44. The molecule has 3 rings (SSSR count). The number of carbonyl (C=O) groups is 4. The van der Waals surface area contributed by atoms with E-state index in [2.05, 4.69) is 5.32 Å². The van der Waals surface area contributed by atoms with Crippen LogP contribution in [0.5, 0.6) is 5.75 Å². The van der Waals surface area contributed by atoms with Crippen LogP contribution in [0.2, 0.25) is 5.02 Å². The molecule has 29 heavy (non-hydrogen) atoms. The summed E-state index contributed by atoms with van der Waals surface area (Å²) in [6.07, 6.45) is 0. The number of nitrogens with zero attached hydrogens (tertiary/aromatic N) is 1. The van der Waals surface area contributed by atoms with Gasteiger partial charge in [-0.3, -0.25) is 19.3 Å². The van der Waals surface area contributed by atoms with Crippen LogP contribution in [-0.2, 0) is 14.3 Å². The maximum atomic E-state index is 12.4. The Kier molecular flexibility index (Phi) is 5.84. The molecule has 9 heteroatoms.